The van der Waals surface area contributed by atoms with Crippen LogP contribution in [0.15, 0.2) is 32.5 Å². The van der Waals surface area contributed by atoms with Crippen LogP contribution in [0.4, 0.5) is 4.39 Å². The number of aromatic nitrogens is 2. The van der Waals surface area contributed by atoms with Crippen molar-refractivity contribution in [1.29, 1.82) is 0 Å². The molecule has 0 aliphatic rings. The standard InChI is InChI=1S/C8H4FN2O3/c9-6-3-10-8(13)11(7(6)12)5-1-2-14-4-5/h1-3H,(H,10,13)/q-1. The Kier molecular flexibility index (Phi) is 1.81. The van der Waals surface area contributed by atoms with Gasteiger partial charge >= 0.3 is 5.69 Å². The van der Waals surface area contributed by atoms with Gasteiger partial charge in [0.25, 0.3) is 5.56 Å². The van der Waals surface area contributed by atoms with Gasteiger partial charge in [0.05, 0.1) is 0 Å². The fraction of sp³-hybridized carbons (Fsp3) is 0. The Morgan fingerprint density at radius 1 is 1.50 bits per heavy atom. The van der Waals surface area contributed by atoms with Crippen LogP contribution in [0, 0.1) is 12.1 Å². The molecular weight excluding hydrogens is 191 g/mol. The lowest BCUT2D eigenvalue weighted by Crippen LogP contribution is -2.34. The molecule has 0 saturated carbocycles. The molecule has 6 heteroatoms. The minimum Gasteiger partial charge on any atom is -0.597 e. The van der Waals surface area contributed by atoms with Crippen molar-refractivity contribution in [1.82, 2.24) is 9.55 Å². The Morgan fingerprint density at radius 3 is 2.93 bits per heavy atom. The van der Waals surface area contributed by atoms with E-state index in [-0.39, 0.29) is 5.69 Å². The second-order valence-corrected chi connectivity index (χ2v) is 2.49. The van der Waals surface area contributed by atoms with E-state index >= 15 is 0 Å². The zero-order valence-electron chi connectivity index (χ0n) is 6.78. The largest absolute Gasteiger partial charge is 0.597 e. The predicted molar refractivity (Wildman–Crippen MR) is 43.7 cm³/mol. The molecule has 1 N–H and O–H groups in total. The van der Waals surface area contributed by atoms with Crippen molar-refractivity contribution >= 4 is 0 Å². The minimum absolute atomic E-state index is 0.0655. The Bertz CT molecular complexity index is 553. The van der Waals surface area contributed by atoms with Gasteiger partial charge in [0.15, 0.2) is 0 Å². The molecule has 0 fully saturated rings. The molecule has 0 aliphatic carbocycles. The number of hydrogen-bond acceptors (Lipinski definition) is 3. The smallest absolute Gasteiger partial charge is 0.331 e. The summed E-state index contributed by atoms with van der Waals surface area (Å²) >= 11 is 0. The predicted octanol–water partition coefficient (Wildman–Crippen LogP) is 0.0581. The Hall–Kier alpha value is -2.11. The van der Waals surface area contributed by atoms with Crippen LogP contribution in [-0.4, -0.2) is 9.55 Å². The summed E-state index contributed by atoms with van der Waals surface area (Å²) in [6.45, 7) is 0. The number of rotatable bonds is 1. The van der Waals surface area contributed by atoms with E-state index in [1.54, 1.807) is 0 Å². The molecule has 0 aliphatic heterocycles. The number of nitrogens with one attached hydrogen (secondary N) is 1. The van der Waals surface area contributed by atoms with Crippen molar-refractivity contribution in [3.05, 3.63) is 51.4 Å². The summed E-state index contributed by atoms with van der Waals surface area (Å²) in [5.41, 5.74) is -1.71. The van der Waals surface area contributed by atoms with Crippen LogP contribution in [0.25, 0.3) is 5.69 Å². The summed E-state index contributed by atoms with van der Waals surface area (Å²) in [4.78, 5) is 24.4. The SMILES string of the molecule is O=c1[nH]cc(F)c(=O)n1-c1[c-]occ1. The molecule has 0 spiro atoms. The zero-order valence-corrected chi connectivity index (χ0v) is 6.78. The van der Waals surface area contributed by atoms with Crippen LogP contribution in [0.1, 0.15) is 0 Å². The average Bonchev–Trinajstić information content (AvgIpc) is 2.65. The van der Waals surface area contributed by atoms with E-state index in [0.29, 0.717) is 10.8 Å². The molecule has 0 bridgehead atoms. The van der Waals surface area contributed by atoms with Gasteiger partial charge in [-0.05, 0) is 5.69 Å². The van der Waals surface area contributed by atoms with Crippen LogP contribution in [0.5, 0.6) is 0 Å². The van der Waals surface area contributed by atoms with Crippen molar-refractivity contribution in [3.63, 3.8) is 0 Å². The molecule has 0 aromatic carbocycles. The molecule has 2 aromatic heterocycles. The molecule has 2 aromatic rings. The topological polar surface area (TPSA) is 68.0 Å². The monoisotopic (exact) mass is 195 g/mol. The molecule has 2 heterocycles. The number of hydrogen-bond donors (Lipinski definition) is 1. The summed E-state index contributed by atoms with van der Waals surface area (Å²) in [6.07, 6.45) is 4.20. The minimum atomic E-state index is -1.04. The number of furan rings is 1. The first kappa shape index (κ1) is 8.49. The fourth-order valence-electron chi connectivity index (χ4n) is 1.02. The molecule has 0 unspecified atom stereocenters. The van der Waals surface area contributed by atoms with Crippen LogP contribution in [0.2, 0.25) is 0 Å². The number of H-pyrrole nitrogens is 1. The lowest BCUT2D eigenvalue weighted by atomic mass is 10.5. The quantitative estimate of drug-likeness (QED) is 0.654. The van der Waals surface area contributed by atoms with Crippen molar-refractivity contribution in [2.24, 2.45) is 0 Å². The maximum Gasteiger partial charge on any atom is 0.331 e. The third kappa shape index (κ3) is 1.17. The maximum absolute atomic E-state index is 12.8. The van der Waals surface area contributed by atoms with Crippen molar-refractivity contribution in [3.8, 4) is 5.69 Å². The molecular formula is C8H4FN2O3-. The van der Waals surface area contributed by atoms with E-state index in [0.717, 1.165) is 0 Å². The van der Waals surface area contributed by atoms with Gasteiger partial charge in [-0.1, -0.05) is 6.26 Å². The van der Waals surface area contributed by atoms with E-state index < -0.39 is 17.1 Å². The summed E-state index contributed by atoms with van der Waals surface area (Å²) in [7, 11) is 0. The van der Waals surface area contributed by atoms with Gasteiger partial charge in [-0.15, -0.1) is 0 Å². The number of aromatic amines is 1. The van der Waals surface area contributed by atoms with Crippen LogP contribution in [0.3, 0.4) is 0 Å². The van der Waals surface area contributed by atoms with Crippen LogP contribution >= 0.6 is 0 Å². The summed E-state index contributed by atoms with van der Waals surface area (Å²) in [5.74, 6) is -1.04. The highest BCUT2D eigenvalue weighted by Crippen LogP contribution is 2.00. The van der Waals surface area contributed by atoms with Crippen molar-refractivity contribution in [2.75, 3.05) is 0 Å². The molecule has 0 saturated heterocycles. The number of halogens is 1. The number of nitrogens with zero attached hydrogens (tertiary/aromatic N) is 1. The second kappa shape index (κ2) is 2.99. The van der Waals surface area contributed by atoms with E-state index in [1.807, 2.05) is 0 Å². The van der Waals surface area contributed by atoms with Gasteiger partial charge < -0.3 is 9.40 Å². The molecule has 5 nitrogen and oxygen atoms in total. The molecule has 0 amide bonds. The van der Waals surface area contributed by atoms with E-state index in [4.69, 9.17) is 0 Å². The highest BCUT2D eigenvalue weighted by molar-refractivity contribution is 5.24. The highest BCUT2D eigenvalue weighted by atomic mass is 19.1. The summed E-state index contributed by atoms with van der Waals surface area (Å²) in [6, 6.07) is 1.33. The van der Waals surface area contributed by atoms with E-state index in [1.165, 1.54) is 12.3 Å². The van der Waals surface area contributed by atoms with Crippen LogP contribution < -0.4 is 11.2 Å². The molecule has 72 valence electrons. The maximum atomic E-state index is 12.8. The average molecular weight is 195 g/mol. The van der Waals surface area contributed by atoms with Gasteiger partial charge in [-0.3, -0.25) is 4.79 Å². The fourth-order valence-corrected chi connectivity index (χ4v) is 1.02. The lowest BCUT2D eigenvalue weighted by molar-refractivity contribution is 0.551. The first-order valence-corrected chi connectivity index (χ1v) is 3.66. The summed E-state index contributed by atoms with van der Waals surface area (Å²) in [5, 5.41) is 0. The van der Waals surface area contributed by atoms with Gasteiger partial charge in [-0.25, -0.2) is 9.36 Å². The van der Waals surface area contributed by atoms with Crippen LogP contribution in [-0.2, 0) is 0 Å². The normalized spacial score (nSPS) is 10.4. The van der Waals surface area contributed by atoms with E-state index in [2.05, 4.69) is 15.7 Å². The molecule has 14 heavy (non-hydrogen) atoms. The Morgan fingerprint density at radius 2 is 2.29 bits per heavy atom. The third-order valence-corrected chi connectivity index (χ3v) is 1.63. The first-order valence-electron chi connectivity index (χ1n) is 3.66. The second-order valence-electron chi connectivity index (χ2n) is 2.49. The van der Waals surface area contributed by atoms with Crippen molar-refractivity contribution in [2.45, 2.75) is 0 Å². The lowest BCUT2D eigenvalue weighted by Gasteiger charge is -2.02. The van der Waals surface area contributed by atoms with Crippen molar-refractivity contribution < 1.29 is 8.81 Å². The summed E-state index contributed by atoms with van der Waals surface area (Å²) < 4.78 is 18.0. The van der Waals surface area contributed by atoms with Gasteiger partial charge in [0.2, 0.25) is 5.82 Å². The zero-order chi connectivity index (χ0) is 10.1. The van der Waals surface area contributed by atoms with Gasteiger partial charge in [0, 0.05) is 12.5 Å². The molecule has 2 rings (SSSR count). The molecule has 0 radical (unpaired) electrons. The molecule has 0 atom stereocenters. The Labute approximate surface area is 76.4 Å². The highest BCUT2D eigenvalue weighted by Gasteiger charge is 2.05. The van der Waals surface area contributed by atoms with Gasteiger partial charge in [0.1, 0.15) is 0 Å². The van der Waals surface area contributed by atoms with Gasteiger partial charge in [-0.2, -0.15) is 10.5 Å². The van der Waals surface area contributed by atoms with E-state index in [9.17, 15) is 14.0 Å². The Balaban J connectivity index is 2.82. The third-order valence-electron chi connectivity index (χ3n) is 1.63. The first-order chi connectivity index (χ1) is 6.70.